The molecule has 0 spiro atoms. The van der Waals surface area contributed by atoms with E-state index in [0.29, 0.717) is 21.5 Å². The van der Waals surface area contributed by atoms with Crippen LogP contribution in [0.4, 0.5) is 16.6 Å². The molecular weight excluding hydrogens is 392 g/mol. The van der Waals surface area contributed by atoms with E-state index in [0.717, 1.165) is 16.5 Å². The van der Waals surface area contributed by atoms with Crippen molar-refractivity contribution in [3.05, 3.63) is 58.9 Å². The van der Waals surface area contributed by atoms with Gasteiger partial charge in [0.1, 0.15) is 10.7 Å². The average Bonchev–Trinajstić information content (AvgIpc) is 3.39. The van der Waals surface area contributed by atoms with Gasteiger partial charge in [-0.15, -0.1) is 0 Å². The Kier molecular flexibility index (Phi) is 4.92. The Bertz CT molecular complexity index is 1220. The number of methoxy groups -OCH3 is 1. The van der Waals surface area contributed by atoms with Crippen LogP contribution in [0.2, 0.25) is 0 Å². The number of hydrogen-bond donors (Lipinski definition) is 3. The summed E-state index contributed by atoms with van der Waals surface area (Å²) in [5.74, 6) is -0.381. The summed E-state index contributed by atoms with van der Waals surface area (Å²) in [6, 6.07) is 8.75. The van der Waals surface area contributed by atoms with E-state index in [1.54, 1.807) is 24.4 Å². The highest BCUT2D eigenvalue weighted by Gasteiger charge is 2.15. The van der Waals surface area contributed by atoms with E-state index in [4.69, 9.17) is 0 Å². The third-order valence-corrected chi connectivity index (χ3v) is 5.09. The maximum absolute atomic E-state index is 12.7. The minimum Gasteiger partial charge on any atom is -0.464 e. The monoisotopic (exact) mass is 408 g/mol. The summed E-state index contributed by atoms with van der Waals surface area (Å²) < 4.78 is 4.67. The lowest BCUT2D eigenvalue weighted by atomic mass is 10.1. The first-order chi connectivity index (χ1) is 14.0. The van der Waals surface area contributed by atoms with E-state index in [2.05, 4.69) is 35.5 Å². The Labute approximate surface area is 169 Å². The van der Waals surface area contributed by atoms with Gasteiger partial charge in [0, 0.05) is 5.39 Å². The van der Waals surface area contributed by atoms with E-state index in [1.165, 1.54) is 24.6 Å². The first-order valence-electron chi connectivity index (χ1n) is 8.57. The van der Waals surface area contributed by atoms with Crippen LogP contribution in [0, 0.1) is 6.92 Å². The van der Waals surface area contributed by atoms with Crippen molar-refractivity contribution < 1.29 is 14.3 Å². The van der Waals surface area contributed by atoms with E-state index >= 15 is 0 Å². The number of thiazole rings is 1. The second-order valence-electron chi connectivity index (χ2n) is 6.10. The molecule has 0 bridgehead atoms. The van der Waals surface area contributed by atoms with Crippen molar-refractivity contribution in [1.82, 2.24) is 20.2 Å². The second kappa shape index (κ2) is 7.68. The zero-order valence-corrected chi connectivity index (χ0v) is 16.3. The van der Waals surface area contributed by atoms with Crippen LogP contribution in [0.25, 0.3) is 10.9 Å². The van der Waals surface area contributed by atoms with E-state index in [1.807, 2.05) is 19.1 Å². The fourth-order valence-corrected chi connectivity index (χ4v) is 3.46. The third-order valence-electron chi connectivity index (χ3n) is 4.18. The van der Waals surface area contributed by atoms with Crippen LogP contribution in [0.3, 0.4) is 0 Å². The van der Waals surface area contributed by atoms with Crippen molar-refractivity contribution in [3.8, 4) is 0 Å². The van der Waals surface area contributed by atoms with Crippen LogP contribution in [0.1, 0.15) is 25.7 Å². The molecule has 4 rings (SSSR count). The van der Waals surface area contributed by atoms with Crippen molar-refractivity contribution in [2.24, 2.45) is 0 Å². The van der Waals surface area contributed by atoms with E-state index in [9.17, 15) is 9.59 Å². The Hall–Kier alpha value is -3.79. The summed E-state index contributed by atoms with van der Waals surface area (Å²) in [6.07, 6.45) is 3.16. The fraction of sp³-hybridized carbons (Fsp3) is 0.105. The Morgan fingerprint density at radius 2 is 2.03 bits per heavy atom. The molecule has 0 unspecified atom stereocenters. The predicted octanol–water partition coefficient (Wildman–Crippen LogP) is 3.51. The summed E-state index contributed by atoms with van der Waals surface area (Å²) in [5.41, 5.74) is 2.65. The summed E-state index contributed by atoms with van der Waals surface area (Å²) in [7, 11) is 1.29. The van der Waals surface area contributed by atoms with Crippen molar-refractivity contribution in [3.63, 3.8) is 0 Å². The topological polar surface area (TPSA) is 122 Å². The number of carbonyl (C=O) groups is 2. The van der Waals surface area contributed by atoms with Gasteiger partial charge in [0.15, 0.2) is 10.8 Å². The molecule has 29 heavy (non-hydrogen) atoms. The van der Waals surface area contributed by atoms with Gasteiger partial charge in [-0.05, 0) is 30.7 Å². The molecule has 0 saturated heterocycles. The van der Waals surface area contributed by atoms with E-state index in [-0.39, 0.29) is 11.6 Å². The molecule has 0 aliphatic carbocycles. The molecule has 146 valence electrons. The summed E-state index contributed by atoms with van der Waals surface area (Å²) in [5, 5.41) is 14.1. The number of ether oxygens (including phenoxy) is 1. The maximum atomic E-state index is 12.7. The number of carbonyl (C=O) groups excluding carboxylic acids is 2. The number of fused-ring (bicyclic) bond motifs is 1. The number of nitrogens with zero attached hydrogens (tertiary/aromatic N) is 3. The van der Waals surface area contributed by atoms with E-state index < -0.39 is 5.97 Å². The normalized spacial score (nSPS) is 10.7. The molecule has 0 aliphatic heterocycles. The zero-order valence-electron chi connectivity index (χ0n) is 15.5. The zero-order chi connectivity index (χ0) is 20.4. The number of anilines is 3. The van der Waals surface area contributed by atoms with Crippen LogP contribution in [0.15, 0.2) is 42.7 Å². The standard InChI is InChI=1S/C19H16N6O3S/c1-10-6-7-12-11(8-21-25-12)16(10)24-17(26)14-9-20-19(29-14)23-15-5-3-4-13(22-15)18(27)28-2/h3-9H,1-2H3,(H,21,25)(H,24,26)(H,20,22,23). The smallest absolute Gasteiger partial charge is 0.356 e. The van der Waals surface area contributed by atoms with Crippen molar-refractivity contribution >= 4 is 50.8 Å². The van der Waals surface area contributed by atoms with Gasteiger partial charge in [0.25, 0.3) is 5.91 Å². The lowest BCUT2D eigenvalue weighted by Gasteiger charge is -2.08. The molecule has 3 aromatic heterocycles. The number of benzene rings is 1. The molecule has 3 heterocycles. The van der Waals surface area contributed by atoms with Gasteiger partial charge in [-0.1, -0.05) is 23.5 Å². The Balaban J connectivity index is 1.52. The van der Waals surface area contributed by atoms with Crippen LogP contribution >= 0.6 is 11.3 Å². The molecule has 1 amide bonds. The number of hydrogen-bond acceptors (Lipinski definition) is 8. The SMILES string of the molecule is COC(=O)c1cccc(Nc2ncc(C(=O)Nc3c(C)ccc4[nH]ncc34)s2)n1. The average molecular weight is 408 g/mol. The third kappa shape index (κ3) is 3.78. The van der Waals surface area contributed by atoms with Crippen LogP contribution < -0.4 is 10.6 Å². The lowest BCUT2D eigenvalue weighted by Crippen LogP contribution is -2.11. The fourth-order valence-electron chi connectivity index (χ4n) is 2.74. The summed E-state index contributed by atoms with van der Waals surface area (Å²) in [4.78, 5) is 33.1. The molecule has 0 fully saturated rings. The number of nitrogens with one attached hydrogen (secondary N) is 3. The van der Waals surface area contributed by atoms with Gasteiger partial charge in [0.2, 0.25) is 0 Å². The predicted molar refractivity (Wildman–Crippen MR) is 110 cm³/mol. The Morgan fingerprint density at radius 3 is 2.86 bits per heavy atom. The van der Waals surface area contributed by atoms with Gasteiger partial charge in [-0.3, -0.25) is 9.89 Å². The molecule has 0 atom stereocenters. The quantitative estimate of drug-likeness (QED) is 0.432. The van der Waals surface area contributed by atoms with Gasteiger partial charge < -0.3 is 15.4 Å². The molecule has 0 saturated carbocycles. The second-order valence-corrected chi connectivity index (χ2v) is 7.13. The molecule has 10 heteroatoms. The summed E-state index contributed by atoms with van der Waals surface area (Å²) in [6.45, 7) is 1.92. The van der Waals surface area contributed by atoms with Crippen LogP contribution in [0.5, 0.6) is 0 Å². The van der Waals surface area contributed by atoms with Gasteiger partial charge in [0.05, 0.1) is 30.7 Å². The highest BCUT2D eigenvalue weighted by molar-refractivity contribution is 7.17. The molecule has 0 aliphatic rings. The minimum atomic E-state index is -0.531. The number of rotatable bonds is 5. The van der Waals surface area contributed by atoms with Crippen molar-refractivity contribution in [2.75, 3.05) is 17.7 Å². The molecule has 3 N–H and O–H groups in total. The highest BCUT2D eigenvalue weighted by atomic mass is 32.1. The van der Waals surface area contributed by atoms with Crippen molar-refractivity contribution in [2.45, 2.75) is 6.92 Å². The highest BCUT2D eigenvalue weighted by Crippen LogP contribution is 2.28. The number of aromatic amines is 1. The molecular formula is C19H16N6O3S. The van der Waals surface area contributed by atoms with Gasteiger partial charge >= 0.3 is 5.97 Å². The minimum absolute atomic E-state index is 0.177. The lowest BCUT2D eigenvalue weighted by molar-refractivity contribution is 0.0594. The van der Waals surface area contributed by atoms with Gasteiger partial charge in [-0.2, -0.15) is 5.10 Å². The van der Waals surface area contributed by atoms with Crippen LogP contribution in [-0.2, 0) is 4.74 Å². The molecule has 1 aromatic carbocycles. The number of aryl methyl sites for hydroxylation is 1. The maximum Gasteiger partial charge on any atom is 0.356 e. The Morgan fingerprint density at radius 1 is 1.17 bits per heavy atom. The summed E-state index contributed by atoms with van der Waals surface area (Å²) >= 11 is 1.17. The molecule has 0 radical (unpaired) electrons. The largest absolute Gasteiger partial charge is 0.464 e. The van der Waals surface area contributed by atoms with Crippen molar-refractivity contribution in [1.29, 1.82) is 0 Å². The number of aromatic nitrogens is 4. The van der Waals surface area contributed by atoms with Gasteiger partial charge in [-0.25, -0.2) is 14.8 Å². The number of amides is 1. The number of H-pyrrole nitrogens is 1. The molecule has 4 aromatic rings. The first kappa shape index (κ1) is 18.6. The van der Waals surface area contributed by atoms with Crippen LogP contribution in [-0.4, -0.2) is 39.2 Å². The first-order valence-corrected chi connectivity index (χ1v) is 9.39. The number of esters is 1. The number of pyridine rings is 1. The molecule has 9 nitrogen and oxygen atoms in total.